The molecule has 0 radical (unpaired) electrons. The second-order valence-electron chi connectivity index (χ2n) is 6.44. The van der Waals surface area contributed by atoms with Crippen molar-refractivity contribution in [1.82, 2.24) is 0 Å². The molecule has 0 aromatic heterocycles. The Labute approximate surface area is 165 Å². The SMILES string of the molecule is CC(=O)OC[C@H]1O[C@H](S(=O)C(C)C)[C@H](OC(C)=O)[C@@H](OC(C)=O)[C@@H]1OC(C)=O. The summed E-state index contributed by atoms with van der Waals surface area (Å²) >= 11 is 0. The fourth-order valence-corrected chi connectivity index (χ4v) is 3.91. The standard InChI is InChI=1S/C17H26O10S/c1-8(2)28(22)17-16(26-12(6)21)15(25-11(5)20)14(24-10(4)19)13(27-17)7-23-9(3)18/h8,13-17H,7H2,1-6H3/t13-,14-,15+,16-,17-,28?/m1/s1. The van der Waals surface area contributed by atoms with E-state index in [-0.39, 0.29) is 11.9 Å². The summed E-state index contributed by atoms with van der Waals surface area (Å²) in [6.07, 6.45) is -4.92. The van der Waals surface area contributed by atoms with Crippen LogP contribution in [0, 0.1) is 0 Å². The van der Waals surface area contributed by atoms with Crippen molar-refractivity contribution in [3.63, 3.8) is 0 Å². The summed E-state index contributed by atoms with van der Waals surface area (Å²) in [5.74, 6) is -2.79. The zero-order chi connectivity index (χ0) is 21.6. The van der Waals surface area contributed by atoms with Crippen LogP contribution in [-0.4, -0.2) is 69.8 Å². The van der Waals surface area contributed by atoms with E-state index in [9.17, 15) is 23.4 Å². The van der Waals surface area contributed by atoms with Crippen LogP contribution in [-0.2, 0) is 53.7 Å². The second-order valence-corrected chi connectivity index (χ2v) is 8.51. The lowest BCUT2D eigenvalue weighted by Gasteiger charge is -2.44. The van der Waals surface area contributed by atoms with Gasteiger partial charge < -0.3 is 23.7 Å². The molecule has 1 rings (SSSR count). The summed E-state index contributed by atoms with van der Waals surface area (Å²) in [6, 6.07) is 0. The average Bonchev–Trinajstić information content (AvgIpc) is 2.54. The van der Waals surface area contributed by atoms with Gasteiger partial charge in [-0.25, -0.2) is 0 Å². The third kappa shape index (κ3) is 6.86. The molecular formula is C17H26O10S. The van der Waals surface area contributed by atoms with Gasteiger partial charge in [0.05, 0.1) is 10.8 Å². The lowest BCUT2D eigenvalue weighted by atomic mass is 9.99. The van der Waals surface area contributed by atoms with Crippen LogP contribution in [0.15, 0.2) is 0 Å². The Balaban J connectivity index is 3.39. The van der Waals surface area contributed by atoms with E-state index < -0.39 is 64.5 Å². The highest BCUT2D eigenvalue weighted by Crippen LogP contribution is 2.31. The highest BCUT2D eigenvalue weighted by Gasteiger charge is 2.54. The number of hydrogen-bond acceptors (Lipinski definition) is 10. The molecule has 0 aromatic carbocycles. The van der Waals surface area contributed by atoms with Gasteiger partial charge in [0.25, 0.3) is 0 Å². The molecule has 0 saturated carbocycles. The normalized spacial score (nSPS) is 28.2. The third-order valence-corrected chi connectivity index (χ3v) is 5.41. The van der Waals surface area contributed by atoms with Gasteiger partial charge in [-0.3, -0.25) is 23.4 Å². The highest BCUT2D eigenvalue weighted by atomic mass is 32.2. The van der Waals surface area contributed by atoms with Crippen LogP contribution in [0.25, 0.3) is 0 Å². The van der Waals surface area contributed by atoms with Crippen molar-refractivity contribution >= 4 is 34.7 Å². The van der Waals surface area contributed by atoms with Crippen molar-refractivity contribution in [2.45, 2.75) is 76.6 Å². The molecule has 1 aliphatic heterocycles. The monoisotopic (exact) mass is 422 g/mol. The molecule has 0 aromatic rings. The molecular weight excluding hydrogens is 396 g/mol. The van der Waals surface area contributed by atoms with E-state index in [4.69, 9.17) is 23.7 Å². The smallest absolute Gasteiger partial charge is 0.303 e. The van der Waals surface area contributed by atoms with Crippen molar-refractivity contribution in [3.05, 3.63) is 0 Å². The first-order valence-electron chi connectivity index (χ1n) is 8.63. The summed E-state index contributed by atoms with van der Waals surface area (Å²) in [5, 5.41) is -0.388. The number of hydrogen-bond donors (Lipinski definition) is 0. The van der Waals surface area contributed by atoms with Crippen molar-refractivity contribution in [2.24, 2.45) is 0 Å². The molecule has 11 heteroatoms. The zero-order valence-electron chi connectivity index (χ0n) is 16.7. The Kier molecular flexibility index (Phi) is 9.02. The van der Waals surface area contributed by atoms with Crippen LogP contribution in [0.5, 0.6) is 0 Å². The summed E-state index contributed by atoms with van der Waals surface area (Å²) in [4.78, 5) is 46.1. The lowest BCUT2D eigenvalue weighted by molar-refractivity contribution is -0.238. The van der Waals surface area contributed by atoms with Crippen molar-refractivity contribution in [2.75, 3.05) is 6.61 Å². The minimum Gasteiger partial charge on any atom is -0.463 e. The van der Waals surface area contributed by atoms with E-state index in [0.29, 0.717) is 0 Å². The van der Waals surface area contributed by atoms with Crippen LogP contribution >= 0.6 is 0 Å². The average molecular weight is 422 g/mol. The molecule has 0 N–H and O–H groups in total. The van der Waals surface area contributed by atoms with E-state index in [1.165, 1.54) is 6.92 Å². The number of ether oxygens (including phenoxy) is 5. The summed E-state index contributed by atoms with van der Waals surface area (Å²) in [5.41, 5.74) is -1.19. The highest BCUT2D eigenvalue weighted by molar-refractivity contribution is 7.86. The zero-order valence-corrected chi connectivity index (χ0v) is 17.5. The van der Waals surface area contributed by atoms with Gasteiger partial charge >= 0.3 is 23.9 Å². The van der Waals surface area contributed by atoms with Crippen LogP contribution in [0.1, 0.15) is 41.5 Å². The number of carbonyl (C=O) groups excluding carboxylic acids is 4. The molecule has 1 heterocycles. The van der Waals surface area contributed by atoms with Gasteiger partial charge in [-0.15, -0.1) is 0 Å². The van der Waals surface area contributed by atoms with E-state index in [1.54, 1.807) is 13.8 Å². The minimum absolute atomic E-state index is 0.344. The molecule has 10 nitrogen and oxygen atoms in total. The van der Waals surface area contributed by atoms with E-state index in [0.717, 1.165) is 20.8 Å². The maximum atomic E-state index is 12.8. The van der Waals surface area contributed by atoms with Crippen molar-refractivity contribution < 1.29 is 47.1 Å². The first kappa shape index (κ1) is 24.0. The van der Waals surface area contributed by atoms with Crippen LogP contribution in [0.4, 0.5) is 0 Å². The van der Waals surface area contributed by atoms with E-state index >= 15 is 0 Å². The summed E-state index contributed by atoms with van der Waals surface area (Å²) in [7, 11) is -1.67. The number of esters is 4. The second kappa shape index (κ2) is 10.5. The molecule has 1 unspecified atom stereocenters. The summed E-state index contributed by atoms with van der Waals surface area (Å²) < 4.78 is 39.2. The molecule has 6 atom stereocenters. The van der Waals surface area contributed by atoms with Gasteiger partial charge in [-0.05, 0) is 0 Å². The molecule has 1 saturated heterocycles. The molecule has 160 valence electrons. The topological polar surface area (TPSA) is 132 Å². The minimum atomic E-state index is -1.67. The Morgan fingerprint density at radius 1 is 0.821 bits per heavy atom. The Hall–Kier alpha value is -2.01. The van der Waals surface area contributed by atoms with Crippen molar-refractivity contribution in [1.29, 1.82) is 0 Å². The molecule has 1 aliphatic rings. The first-order chi connectivity index (χ1) is 12.9. The van der Waals surface area contributed by atoms with Gasteiger partial charge in [0.1, 0.15) is 12.7 Å². The Bertz CT molecular complexity index is 631. The quantitative estimate of drug-likeness (QED) is 0.415. The van der Waals surface area contributed by atoms with Crippen LogP contribution in [0.3, 0.4) is 0 Å². The third-order valence-electron chi connectivity index (χ3n) is 3.64. The fraction of sp³-hybridized carbons (Fsp3) is 0.765. The maximum absolute atomic E-state index is 12.8. The Morgan fingerprint density at radius 3 is 1.71 bits per heavy atom. The first-order valence-corrected chi connectivity index (χ1v) is 9.91. The number of rotatable bonds is 7. The summed E-state index contributed by atoms with van der Waals surface area (Å²) in [6.45, 7) is 7.57. The predicted molar refractivity (Wildman–Crippen MR) is 95.2 cm³/mol. The molecule has 0 amide bonds. The van der Waals surface area contributed by atoms with Crippen LogP contribution < -0.4 is 0 Å². The van der Waals surface area contributed by atoms with Gasteiger partial charge in [-0.2, -0.15) is 0 Å². The molecule has 0 bridgehead atoms. The maximum Gasteiger partial charge on any atom is 0.303 e. The largest absolute Gasteiger partial charge is 0.463 e. The van der Waals surface area contributed by atoms with Gasteiger partial charge in [0.2, 0.25) is 0 Å². The fourth-order valence-electron chi connectivity index (χ4n) is 2.64. The molecule has 0 spiro atoms. The van der Waals surface area contributed by atoms with E-state index in [2.05, 4.69) is 0 Å². The lowest BCUT2D eigenvalue weighted by Crippen LogP contribution is -2.63. The van der Waals surface area contributed by atoms with Gasteiger partial charge in [0, 0.05) is 32.9 Å². The van der Waals surface area contributed by atoms with E-state index in [1.807, 2.05) is 0 Å². The van der Waals surface area contributed by atoms with Gasteiger partial charge in [-0.1, -0.05) is 13.8 Å². The molecule has 0 aliphatic carbocycles. The predicted octanol–water partition coefficient (Wildman–Crippen LogP) is 0.227. The Morgan fingerprint density at radius 2 is 1.29 bits per heavy atom. The molecule has 28 heavy (non-hydrogen) atoms. The number of carbonyl (C=O) groups is 4. The van der Waals surface area contributed by atoms with Crippen LogP contribution in [0.2, 0.25) is 0 Å². The van der Waals surface area contributed by atoms with Crippen molar-refractivity contribution in [3.8, 4) is 0 Å². The molecule has 1 fully saturated rings. The van der Waals surface area contributed by atoms with Gasteiger partial charge in [0.15, 0.2) is 23.7 Å².